The Morgan fingerprint density at radius 1 is 0.879 bits per heavy atom. The van der Waals surface area contributed by atoms with Crippen LogP contribution in [0, 0.1) is 6.92 Å². The summed E-state index contributed by atoms with van der Waals surface area (Å²) in [6, 6.07) is 21.5. The standard InChI is InChI=1S/C25H27N3O4S/c1-3-17-26-25(30)22-11-7-8-12-23(22)27-24(29)18-28(20-9-5-4-6-10-20)33(31,32)21-15-13-19(2)14-16-21/h4-16H,3,17-18H2,1-2H3,(H,26,30)(H,27,29). The lowest BCUT2D eigenvalue weighted by Crippen LogP contribution is -2.38. The van der Waals surface area contributed by atoms with E-state index in [1.807, 2.05) is 13.8 Å². The van der Waals surface area contributed by atoms with Gasteiger partial charge in [0.15, 0.2) is 0 Å². The van der Waals surface area contributed by atoms with E-state index in [-0.39, 0.29) is 10.8 Å². The molecule has 7 nitrogen and oxygen atoms in total. The van der Waals surface area contributed by atoms with Gasteiger partial charge < -0.3 is 10.6 Å². The average Bonchev–Trinajstić information content (AvgIpc) is 2.82. The third-order valence-electron chi connectivity index (χ3n) is 4.92. The molecular formula is C25H27N3O4S. The molecule has 0 saturated carbocycles. The van der Waals surface area contributed by atoms with Crippen molar-refractivity contribution in [2.45, 2.75) is 25.2 Å². The molecule has 0 aliphatic carbocycles. The van der Waals surface area contributed by atoms with Gasteiger partial charge in [-0.1, -0.05) is 55.0 Å². The van der Waals surface area contributed by atoms with Crippen LogP contribution in [0.25, 0.3) is 0 Å². The molecule has 0 fully saturated rings. The van der Waals surface area contributed by atoms with E-state index < -0.39 is 22.5 Å². The number of nitrogens with zero attached hydrogens (tertiary/aromatic N) is 1. The van der Waals surface area contributed by atoms with Crippen molar-refractivity contribution in [2.75, 3.05) is 22.7 Å². The quantitative estimate of drug-likeness (QED) is 0.500. The van der Waals surface area contributed by atoms with Gasteiger partial charge in [-0.2, -0.15) is 0 Å². The minimum Gasteiger partial charge on any atom is -0.352 e. The molecule has 33 heavy (non-hydrogen) atoms. The maximum atomic E-state index is 13.4. The van der Waals surface area contributed by atoms with Crippen LogP contribution < -0.4 is 14.9 Å². The van der Waals surface area contributed by atoms with Gasteiger partial charge in [-0.3, -0.25) is 13.9 Å². The number of aryl methyl sites for hydroxylation is 1. The molecule has 0 aliphatic heterocycles. The lowest BCUT2D eigenvalue weighted by Gasteiger charge is -2.24. The van der Waals surface area contributed by atoms with Crippen LogP contribution in [0.15, 0.2) is 83.8 Å². The Morgan fingerprint density at radius 2 is 1.52 bits per heavy atom. The molecule has 0 unspecified atom stereocenters. The second-order valence-electron chi connectivity index (χ2n) is 7.51. The Kier molecular flexibility index (Phi) is 7.84. The summed E-state index contributed by atoms with van der Waals surface area (Å²) in [5, 5.41) is 5.48. The number of carbonyl (C=O) groups excluding carboxylic acids is 2. The van der Waals surface area contributed by atoms with Crippen molar-refractivity contribution in [1.82, 2.24) is 5.32 Å². The van der Waals surface area contributed by atoms with Gasteiger partial charge in [0.25, 0.3) is 15.9 Å². The van der Waals surface area contributed by atoms with Crippen molar-refractivity contribution in [1.29, 1.82) is 0 Å². The van der Waals surface area contributed by atoms with E-state index >= 15 is 0 Å². The van der Waals surface area contributed by atoms with E-state index in [4.69, 9.17) is 0 Å². The SMILES string of the molecule is CCCNC(=O)c1ccccc1NC(=O)CN(c1ccccc1)S(=O)(=O)c1ccc(C)cc1. The van der Waals surface area contributed by atoms with E-state index in [0.29, 0.717) is 23.5 Å². The minimum absolute atomic E-state index is 0.0871. The summed E-state index contributed by atoms with van der Waals surface area (Å²) >= 11 is 0. The van der Waals surface area contributed by atoms with Crippen molar-refractivity contribution in [2.24, 2.45) is 0 Å². The highest BCUT2D eigenvalue weighted by molar-refractivity contribution is 7.92. The molecule has 0 spiro atoms. The fourth-order valence-corrected chi connectivity index (χ4v) is 4.61. The maximum absolute atomic E-state index is 13.4. The molecular weight excluding hydrogens is 438 g/mol. The first kappa shape index (κ1) is 24.0. The number of hydrogen-bond donors (Lipinski definition) is 2. The summed E-state index contributed by atoms with van der Waals surface area (Å²) in [7, 11) is -4.00. The number of para-hydroxylation sites is 2. The fraction of sp³-hybridized carbons (Fsp3) is 0.200. The molecule has 8 heteroatoms. The monoisotopic (exact) mass is 465 g/mol. The molecule has 3 rings (SSSR count). The van der Waals surface area contributed by atoms with Gasteiger partial charge >= 0.3 is 0 Å². The van der Waals surface area contributed by atoms with Gasteiger partial charge in [0.1, 0.15) is 6.54 Å². The van der Waals surface area contributed by atoms with Crippen LogP contribution in [0.1, 0.15) is 29.3 Å². The van der Waals surface area contributed by atoms with E-state index in [0.717, 1.165) is 16.3 Å². The zero-order valence-electron chi connectivity index (χ0n) is 18.6. The number of sulfonamides is 1. The van der Waals surface area contributed by atoms with Crippen LogP contribution in [-0.2, 0) is 14.8 Å². The van der Waals surface area contributed by atoms with Crippen LogP contribution in [0.3, 0.4) is 0 Å². The minimum atomic E-state index is -4.00. The molecule has 0 saturated heterocycles. The van der Waals surface area contributed by atoms with E-state index in [2.05, 4.69) is 10.6 Å². The topological polar surface area (TPSA) is 95.6 Å². The molecule has 2 amide bonds. The predicted octanol–water partition coefficient (Wildman–Crippen LogP) is 3.97. The second-order valence-corrected chi connectivity index (χ2v) is 9.37. The van der Waals surface area contributed by atoms with Crippen LogP contribution in [0.2, 0.25) is 0 Å². The number of anilines is 2. The van der Waals surface area contributed by atoms with Crippen molar-refractivity contribution in [3.63, 3.8) is 0 Å². The van der Waals surface area contributed by atoms with Gasteiger partial charge in [0.2, 0.25) is 5.91 Å². The number of hydrogen-bond acceptors (Lipinski definition) is 4. The molecule has 3 aromatic rings. The third kappa shape index (κ3) is 5.98. The molecule has 0 aliphatic rings. The molecule has 0 heterocycles. The van der Waals surface area contributed by atoms with Gasteiger partial charge in [-0.05, 0) is 49.7 Å². The van der Waals surface area contributed by atoms with Crippen LogP contribution in [0.5, 0.6) is 0 Å². The van der Waals surface area contributed by atoms with Crippen LogP contribution >= 0.6 is 0 Å². The molecule has 0 radical (unpaired) electrons. The number of benzene rings is 3. The van der Waals surface area contributed by atoms with Crippen molar-refractivity contribution >= 4 is 33.2 Å². The fourth-order valence-electron chi connectivity index (χ4n) is 3.19. The number of amides is 2. The van der Waals surface area contributed by atoms with Crippen molar-refractivity contribution < 1.29 is 18.0 Å². The Balaban J connectivity index is 1.88. The first-order valence-electron chi connectivity index (χ1n) is 10.6. The van der Waals surface area contributed by atoms with Crippen molar-refractivity contribution in [3.8, 4) is 0 Å². The molecule has 172 valence electrons. The Hall–Kier alpha value is -3.65. The van der Waals surface area contributed by atoms with Gasteiger partial charge in [-0.25, -0.2) is 8.42 Å². The van der Waals surface area contributed by atoms with Crippen molar-refractivity contribution in [3.05, 3.63) is 90.0 Å². The van der Waals surface area contributed by atoms with E-state index in [1.165, 1.54) is 12.1 Å². The first-order chi connectivity index (χ1) is 15.8. The van der Waals surface area contributed by atoms with E-state index in [9.17, 15) is 18.0 Å². The summed E-state index contributed by atoms with van der Waals surface area (Å²) in [5.41, 5.74) is 1.92. The zero-order valence-corrected chi connectivity index (χ0v) is 19.4. The molecule has 2 N–H and O–H groups in total. The summed E-state index contributed by atoms with van der Waals surface area (Å²) in [4.78, 5) is 25.5. The lowest BCUT2D eigenvalue weighted by molar-refractivity contribution is -0.114. The highest BCUT2D eigenvalue weighted by atomic mass is 32.2. The summed E-state index contributed by atoms with van der Waals surface area (Å²) < 4.78 is 27.9. The Labute approximate surface area is 194 Å². The normalized spacial score (nSPS) is 11.0. The second kappa shape index (κ2) is 10.8. The molecule has 3 aromatic carbocycles. The summed E-state index contributed by atoms with van der Waals surface area (Å²) in [5.74, 6) is -0.870. The highest BCUT2D eigenvalue weighted by Gasteiger charge is 2.27. The number of rotatable bonds is 9. The number of carbonyl (C=O) groups is 2. The summed E-state index contributed by atoms with van der Waals surface area (Å²) in [6.45, 7) is 3.87. The lowest BCUT2D eigenvalue weighted by atomic mass is 10.1. The van der Waals surface area contributed by atoms with Gasteiger partial charge in [-0.15, -0.1) is 0 Å². The zero-order chi connectivity index (χ0) is 23.8. The third-order valence-corrected chi connectivity index (χ3v) is 6.71. The average molecular weight is 466 g/mol. The van der Waals surface area contributed by atoms with Crippen LogP contribution in [0.4, 0.5) is 11.4 Å². The predicted molar refractivity (Wildman–Crippen MR) is 130 cm³/mol. The molecule has 0 atom stereocenters. The van der Waals surface area contributed by atoms with Crippen LogP contribution in [-0.4, -0.2) is 33.3 Å². The van der Waals surface area contributed by atoms with Gasteiger partial charge in [0, 0.05) is 6.54 Å². The Bertz CT molecular complexity index is 1210. The highest BCUT2D eigenvalue weighted by Crippen LogP contribution is 2.24. The maximum Gasteiger partial charge on any atom is 0.264 e. The number of nitrogens with one attached hydrogen (secondary N) is 2. The first-order valence-corrected chi connectivity index (χ1v) is 12.1. The van der Waals surface area contributed by atoms with E-state index in [1.54, 1.807) is 66.7 Å². The smallest absolute Gasteiger partial charge is 0.264 e. The Morgan fingerprint density at radius 3 is 2.18 bits per heavy atom. The molecule has 0 aromatic heterocycles. The summed E-state index contributed by atoms with van der Waals surface area (Å²) in [6.07, 6.45) is 0.781. The van der Waals surface area contributed by atoms with Gasteiger partial charge in [0.05, 0.1) is 21.8 Å². The molecule has 0 bridgehead atoms. The largest absolute Gasteiger partial charge is 0.352 e.